The molecule has 2 nitrogen and oxygen atoms in total. The number of nitrogens with zero attached hydrogens (tertiary/aromatic N) is 1. The molecule has 0 aromatic rings. The van der Waals surface area contributed by atoms with Crippen LogP contribution >= 0.6 is 0 Å². The van der Waals surface area contributed by atoms with E-state index >= 15 is 0 Å². The molecule has 0 aliphatic rings. The van der Waals surface area contributed by atoms with Crippen molar-refractivity contribution < 1.29 is 0 Å². The monoisotopic (exact) mass is 135 g/mol. The molecule has 0 unspecified atom stereocenters. The topological polar surface area (TPSA) is 29.3 Å². The van der Waals surface area contributed by atoms with Gasteiger partial charge < -0.3 is 0 Å². The molecule has 31 valence electrons. The molecule has 0 aliphatic carbocycles. The maximum atomic E-state index is 4.94. The Hall–Kier alpha value is 0.478. The number of hydrogen-bond acceptors (Lipinski definition) is 2. The molecule has 0 spiro atoms. The summed E-state index contributed by atoms with van der Waals surface area (Å²) in [6.45, 7) is 0. The number of rotatable bonds is 0. The van der Waals surface area contributed by atoms with Crippen molar-refractivity contribution in [2.75, 3.05) is 14.1 Å². The second kappa shape index (κ2) is 4.48. The fourth-order valence-corrected chi connectivity index (χ4v) is 0. The second-order valence-electron chi connectivity index (χ2n) is 0.964. The van der Waals surface area contributed by atoms with Crippen LogP contribution in [0.25, 0.3) is 0 Å². The van der Waals surface area contributed by atoms with Crippen molar-refractivity contribution in [1.82, 2.24) is 5.01 Å². The third kappa shape index (κ3) is 120. The molecule has 0 aromatic carbocycles. The van der Waals surface area contributed by atoms with Crippen LogP contribution in [0.3, 0.4) is 0 Å². The zero-order valence-corrected chi connectivity index (χ0v) is 5.35. The average Bonchev–Trinajstić information content (AvgIpc) is 0.811. The molecule has 0 amide bonds. The van der Waals surface area contributed by atoms with Gasteiger partial charge in [0, 0.05) is 32.0 Å². The van der Waals surface area contributed by atoms with Crippen molar-refractivity contribution in [2.45, 2.75) is 0 Å². The molecule has 0 aliphatic heterocycles. The summed E-state index contributed by atoms with van der Waals surface area (Å²) in [5.41, 5.74) is 0. The van der Waals surface area contributed by atoms with Crippen molar-refractivity contribution in [2.24, 2.45) is 5.84 Å². The Morgan fingerprint density at radius 1 is 1.40 bits per heavy atom. The van der Waals surface area contributed by atoms with Crippen molar-refractivity contribution in [3.05, 3.63) is 0 Å². The largest absolute Gasteiger partial charge is 0.269 e. The minimum Gasteiger partial charge on any atom is -0.269 e. The standard InChI is InChI=1S/C2H8N2.As/c1-4(2)3;/h3H2,1-2H3;. The Morgan fingerprint density at radius 3 is 1.40 bits per heavy atom. The van der Waals surface area contributed by atoms with Gasteiger partial charge in [0.15, 0.2) is 0 Å². The summed E-state index contributed by atoms with van der Waals surface area (Å²) in [4.78, 5) is 0. The predicted octanol–water partition coefficient (Wildman–Crippen LogP) is -0.959. The van der Waals surface area contributed by atoms with E-state index in [2.05, 4.69) is 0 Å². The fourth-order valence-electron chi connectivity index (χ4n) is 0. The van der Waals surface area contributed by atoms with Gasteiger partial charge in [0.25, 0.3) is 0 Å². The zero-order chi connectivity index (χ0) is 3.58. The molecule has 5 heavy (non-hydrogen) atoms. The smallest absolute Gasteiger partial charge is 0.00105 e. The average molecular weight is 135 g/mol. The molecule has 2 N–H and O–H groups in total. The van der Waals surface area contributed by atoms with Gasteiger partial charge in [0.1, 0.15) is 0 Å². The van der Waals surface area contributed by atoms with Crippen LogP contribution in [0.15, 0.2) is 0 Å². The van der Waals surface area contributed by atoms with Gasteiger partial charge in [0.2, 0.25) is 0 Å². The van der Waals surface area contributed by atoms with E-state index in [1.54, 1.807) is 14.1 Å². The van der Waals surface area contributed by atoms with Crippen molar-refractivity contribution in [3.8, 4) is 0 Å². The van der Waals surface area contributed by atoms with Gasteiger partial charge in [-0.15, -0.1) is 0 Å². The van der Waals surface area contributed by atoms with Gasteiger partial charge in [-0.25, -0.2) is 0 Å². The van der Waals surface area contributed by atoms with E-state index < -0.39 is 0 Å². The summed E-state index contributed by atoms with van der Waals surface area (Å²) in [7, 11) is 3.56. The molecule has 0 heterocycles. The molecule has 0 saturated carbocycles. The summed E-state index contributed by atoms with van der Waals surface area (Å²) < 4.78 is 0. The Labute approximate surface area is 43.6 Å². The Morgan fingerprint density at radius 2 is 1.40 bits per heavy atom. The summed E-state index contributed by atoms with van der Waals surface area (Å²) in [6.07, 6.45) is 0. The molecule has 3 radical (unpaired) electrons. The van der Waals surface area contributed by atoms with Gasteiger partial charge >= 0.3 is 0 Å². The first kappa shape index (κ1) is 9.08. The van der Waals surface area contributed by atoms with Crippen LogP contribution in [0.2, 0.25) is 0 Å². The first-order valence-corrected chi connectivity index (χ1v) is 1.15. The molecular weight excluding hydrogens is 127 g/mol. The van der Waals surface area contributed by atoms with Gasteiger partial charge in [-0.1, -0.05) is 0 Å². The Bertz CT molecular complexity index is 12.4. The van der Waals surface area contributed by atoms with Gasteiger partial charge in [-0.2, -0.15) is 0 Å². The third-order valence-corrected chi connectivity index (χ3v) is 0. The fraction of sp³-hybridized carbons (Fsp3) is 1.00. The normalized spacial score (nSPS) is 7.20. The van der Waals surface area contributed by atoms with Gasteiger partial charge in [-0.3, -0.25) is 10.9 Å². The molecule has 3 heteroatoms. The minimum absolute atomic E-state index is 0. The second-order valence-corrected chi connectivity index (χ2v) is 0.964. The maximum Gasteiger partial charge on any atom is 0.00105 e. The quantitative estimate of drug-likeness (QED) is 0.263. The Balaban J connectivity index is 0. The summed E-state index contributed by atoms with van der Waals surface area (Å²) in [5, 5.41) is 1.50. The van der Waals surface area contributed by atoms with E-state index in [-0.39, 0.29) is 18.0 Å². The van der Waals surface area contributed by atoms with Crippen LogP contribution in [0.5, 0.6) is 0 Å². The van der Waals surface area contributed by atoms with Crippen molar-refractivity contribution in [1.29, 1.82) is 0 Å². The van der Waals surface area contributed by atoms with E-state index in [0.29, 0.717) is 0 Å². The number of hydrogen-bond donors (Lipinski definition) is 1. The van der Waals surface area contributed by atoms with E-state index in [1.807, 2.05) is 0 Å². The molecule has 0 rings (SSSR count). The number of hydrazine groups is 1. The first-order chi connectivity index (χ1) is 1.73. The van der Waals surface area contributed by atoms with Crippen LogP contribution in [-0.4, -0.2) is 37.1 Å². The van der Waals surface area contributed by atoms with Gasteiger partial charge in [-0.05, 0) is 0 Å². The van der Waals surface area contributed by atoms with E-state index in [0.717, 1.165) is 0 Å². The van der Waals surface area contributed by atoms with E-state index in [1.165, 1.54) is 5.01 Å². The summed E-state index contributed by atoms with van der Waals surface area (Å²) in [5.74, 6) is 4.94. The summed E-state index contributed by atoms with van der Waals surface area (Å²) in [6, 6.07) is 0. The predicted molar refractivity (Wildman–Crippen MR) is 23.6 cm³/mol. The molecular formula is C2H8AsN2. The van der Waals surface area contributed by atoms with Crippen LogP contribution in [-0.2, 0) is 0 Å². The molecule has 0 bridgehead atoms. The maximum absolute atomic E-state index is 4.94. The van der Waals surface area contributed by atoms with Crippen molar-refractivity contribution >= 4 is 18.0 Å². The minimum atomic E-state index is 0. The zero-order valence-electron chi connectivity index (χ0n) is 3.47. The van der Waals surface area contributed by atoms with Crippen molar-refractivity contribution in [3.63, 3.8) is 0 Å². The van der Waals surface area contributed by atoms with Crippen LogP contribution in [0.1, 0.15) is 0 Å². The first-order valence-electron chi connectivity index (χ1n) is 1.15. The van der Waals surface area contributed by atoms with E-state index in [9.17, 15) is 0 Å². The molecule has 0 saturated heterocycles. The molecule has 0 atom stereocenters. The van der Waals surface area contributed by atoms with E-state index in [4.69, 9.17) is 5.84 Å². The summed E-state index contributed by atoms with van der Waals surface area (Å²) >= 11 is 0. The molecule has 0 aromatic heterocycles. The SMILES string of the molecule is CN(C)N.[As]. The van der Waals surface area contributed by atoms with Gasteiger partial charge in [0.05, 0.1) is 0 Å². The molecule has 0 fully saturated rings. The Kier molecular flexibility index (Phi) is 8.13. The third-order valence-electron chi connectivity index (χ3n) is 0. The number of nitrogens with two attached hydrogens (primary N) is 1. The van der Waals surface area contributed by atoms with Crippen LogP contribution in [0.4, 0.5) is 0 Å². The van der Waals surface area contributed by atoms with Crippen LogP contribution < -0.4 is 5.84 Å². The van der Waals surface area contributed by atoms with Crippen LogP contribution in [0, 0.1) is 0 Å².